The zero-order valence-corrected chi connectivity index (χ0v) is 26.5. The predicted molar refractivity (Wildman–Crippen MR) is 166 cm³/mol. The van der Waals surface area contributed by atoms with E-state index in [2.05, 4.69) is 24.1 Å². The number of likely N-dealkylation sites (tertiary alicyclic amines) is 1. The topological polar surface area (TPSA) is 197 Å². The van der Waals surface area contributed by atoms with Crippen molar-refractivity contribution in [1.29, 1.82) is 0 Å². The van der Waals surface area contributed by atoms with Crippen LogP contribution in [0.1, 0.15) is 42.6 Å². The Hall–Kier alpha value is -3.94. The monoisotopic (exact) mass is 625 g/mol. The lowest BCUT2D eigenvalue weighted by Crippen LogP contribution is -2.63. The average Bonchev–Trinajstić information content (AvgIpc) is 2.90. The van der Waals surface area contributed by atoms with Gasteiger partial charge in [-0.05, 0) is 63.4 Å². The number of carbonyl (C=O) groups is 4. The number of nitrogens with one attached hydrogen (secondary N) is 1. The first-order valence-corrected chi connectivity index (χ1v) is 15.2. The Balaban J connectivity index is 1.54. The van der Waals surface area contributed by atoms with E-state index in [-0.39, 0.29) is 41.5 Å². The van der Waals surface area contributed by atoms with E-state index in [9.17, 15) is 39.6 Å². The van der Waals surface area contributed by atoms with Gasteiger partial charge in [-0.1, -0.05) is 13.8 Å². The molecule has 1 aromatic carbocycles. The standard InChI is InChI=1S/C32H43N5O8/c1-14(2)7-8-37-12-16(13-37)31(44)34-19-11-20(35(3)4)17-9-15-10-18-24(36(5)6)27(40)23(30(33)43)29(42)32(18,45)28(41)21(15)26(39)22(17)25(19)38/h11,14-16,18,24,38,40-41,45H,7-10,12-13H2,1-6H3,(H2,33,43)(H,34,44)/t15-,18-,24-,32-/m0/s1. The molecule has 2 amide bonds. The average molecular weight is 626 g/mol. The lowest BCUT2D eigenvalue weighted by atomic mass is 9.58. The van der Waals surface area contributed by atoms with Crippen LogP contribution in [-0.4, -0.2) is 113 Å². The Morgan fingerprint density at radius 3 is 2.33 bits per heavy atom. The van der Waals surface area contributed by atoms with Gasteiger partial charge in [0.1, 0.15) is 17.1 Å². The third-order valence-electron chi connectivity index (χ3n) is 9.79. The summed E-state index contributed by atoms with van der Waals surface area (Å²) >= 11 is 0. The van der Waals surface area contributed by atoms with E-state index in [4.69, 9.17) is 5.73 Å². The number of hydrogen-bond acceptors (Lipinski definition) is 11. The van der Waals surface area contributed by atoms with Crippen LogP contribution in [0.5, 0.6) is 5.75 Å². The minimum Gasteiger partial charge on any atom is -0.510 e. The summed E-state index contributed by atoms with van der Waals surface area (Å²) in [5.74, 6) is -7.22. The van der Waals surface area contributed by atoms with Crippen molar-refractivity contribution in [2.45, 2.75) is 44.8 Å². The number of phenolic OH excluding ortho intramolecular Hbond substituents is 1. The molecule has 13 nitrogen and oxygen atoms in total. The molecule has 13 heteroatoms. The van der Waals surface area contributed by atoms with Crippen LogP contribution in [-0.2, 0) is 20.8 Å². The fourth-order valence-corrected chi connectivity index (χ4v) is 7.39. The molecule has 45 heavy (non-hydrogen) atoms. The van der Waals surface area contributed by atoms with Crippen molar-refractivity contribution in [2.24, 2.45) is 29.4 Å². The number of aliphatic hydroxyl groups is 3. The van der Waals surface area contributed by atoms with Crippen LogP contribution >= 0.6 is 0 Å². The van der Waals surface area contributed by atoms with E-state index >= 15 is 0 Å². The number of allylic oxidation sites excluding steroid dienone is 1. The third kappa shape index (κ3) is 5.06. The highest BCUT2D eigenvalue weighted by atomic mass is 16.3. The van der Waals surface area contributed by atoms with Gasteiger partial charge in [0.25, 0.3) is 5.91 Å². The third-order valence-corrected chi connectivity index (χ3v) is 9.79. The molecule has 0 radical (unpaired) electrons. The van der Waals surface area contributed by atoms with Crippen molar-refractivity contribution in [2.75, 3.05) is 58.0 Å². The molecule has 0 saturated carbocycles. The number of carbonyl (C=O) groups excluding carboxylic acids is 4. The molecule has 4 atom stereocenters. The van der Waals surface area contributed by atoms with Crippen LogP contribution in [0.2, 0.25) is 0 Å². The molecule has 3 aliphatic carbocycles. The number of likely N-dealkylation sites (N-methyl/N-ethyl adjacent to an activating group) is 1. The van der Waals surface area contributed by atoms with Crippen molar-refractivity contribution < 1.29 is 39.6 Å². The minimum absolute atomic E-state index is 0.00707. The summed E-state index contributed by atoms with van der Waals surface area (Å²) in [4.78, 5) is 58.5. The van der Waals surface area contributed by atoms with E-state index in [1.807, 2.05) is 0 Å². The van der Waals surface area contributed by atoms with Crippen molar-refractivity contribution in [1.82, 2.24) is 9.80 Å². The summed E-state index contributed by atoms with van der Waals surface area (Å²) in [6, 6.07) is 0.547. The van der Waals surface area contributed by atoms with Crippen LogP contribution in [0.25, 0.3) is 0 Å². The van der Waals surface area contributed by atoms with E-state index in [0.717, 1.165) is 13.0 Å². The number of rotatable bonds is 8. The first-order chi connectivity index (χ1) is 21.0. The number of phenols is 1. The summed E-state index contributed by atoms with van der Waals surface area (Å²) < 4.78 is 0. The lowest BCUT2D eigenvalue weighted by Gasteiger charge is -2.50. The number of aliphatic hydroxyl groups excluding tert-OH is 2. The number of anilines is 2. The second-order valence-corrected chi connectivity index (χ2v) is 13.6. The van der Waals surface area contributed by atoms with Crippen molar-refractivity contribution >= 4 is 34.8 Å². The number of aromatic hydroxyl groups is 1. The molecule has 1 aromatic rings. The molecule has 0 unspecified atom stereocenters. The zero-order valence-electron chi connectivity index (χ0n) is 26.5. The van der Waals surface area contributed by atoms with Crippen LogP contribution in [0.4, 0.5) is 11.4 Å². The summed E-state index contributed by atoms with van der Waals surface area (Å²) in [5.41, 5.74) is 2.52. The predicted octanol–water partition coefficient (Wildman–Crippen LogP) is 1.10. The van der Waals surface area contributed by atoms with Gasteiger partial charge in [-0.3, -0.25) is 24.1 Å². The summed E-state index contributed by atoms with van der Waals surface area (Å²) in [5, 5.41) is 48.5. The SMILES string of the molecule is CC(C)CCN1CC(C(=O)Nc2cc(N(C)C)c3c(c2O)C(=O)C2=C(O)[C@]4(O)C(=O)C(C(N)=O)=C(O)[C@@H](N(C)C)[C@@H]4C[C@@H]2C3)C1. The normalized spacial score (nSPS) is 26.9. The molecule has 0 bridgehead atoms. The smallest absolute Gasteiger partial charge is 0.255 e. The van der Waals surface area contributed by atoms with Crippen molar-refractivity contribution in [3.63, 3.8) is 0 Å². The second kappa shape index (κ2) is 11.5. The highest BCUT2D eigenvalue weighted by Crippen LogP contribution is 2.54. The van der Waals surface area contributed by atoms with Gasteiger partial charge in [0, 0.05) is 44.4 Å². The number of benzene rings is 1. The second-order valence-electron chi connectivity index (χ2n) is 13.6. The highest BCUT2D eigenvalue weighted by molar-refractivity contribution is 6.25. The van der Waals surface area contributed by atoms with Gasteiger partial charge in [0.15, 0.2) is 17.1 Å². The highest BCUT2D eigenvalue weighted by Gasteiger charge is 2.63. The fourth-order valence-electron chi connectivity index (χ4n) is 7.39. The molecule has 0 aromatic heterocycles. The number of fused-ring (bicyclic) bond motifs is 3. The van der Waals surface area contributed by atoms with Crippen LogP contribution < -0.4 is 16.0 Å². The largest absolute Gasteiger partial charge is 0.510 e. The van der Waals surface area contributed by atoms with Crippen molar-refractivity contribution in [3.8, 4) is 5.75 Å². The molecule has 4 aliphatic rings. The van der Waals surface area contributed by atoms with Gasteiger partial charge in [-0.25, -0.2) is 0 Å². The Kier molecular flexibility index (Phi) is 8.26. The Labute approximate surface area is 262 Å². The zero-order chi connectivity index (χ0) is 33.3. The van der Waals surface area contributed by atoms with Gasteiger partial charge < -0.3 is 41.3 Å². The number of amides is 2. The summed E-state index contributed by atoms with van der Waals surface area (Å²) in [6.45, 7) is 6.36. The number of nitrogens with zero attached hydrogens (tertiary/aromatic N) is 3. The number of Topliss-reactive ketones (excluding diaryl/α,β-unsaturated/α-hetero) is 2. The molecule has 244 valence electrons. The fraction of sp³-hybridized carbons (Fsp3) is 0.562. The minimum atomic E-state index is -2.72. The molecule has 5 rings (SSSR count). The van der Waals surface area contributed by atoms with Gasteiger partial charge in [0.2, 0.25) is 11.7 Å². The molecule has 7 N–H and O–H groups in total. The summed E-state index contributed by atoms with van der Waals surface area (Å²) in [6.07, 6.45) is 1.17. The molecule has 0 spiro atoms. The first-order valence-electron chi connectivity index (χ1n) is 15.2. The van der Waals surface area contributed by atoms with Gasteiger partial charge >= 0.3 is 0 Å². The van der Waals surface area contributed by atoms with E-state index in [1.54, 1.807) is 39.2 Å². The Bertz CT molecular complexity index is 1540. The molecule has 1 fully saturated rings. The van der Waals surface area contributed by atoms with Crippen LogP contribution in [0, 0.1) is 23.7 Å². The number of primary amides is 1. The molecule has 1 heterocycles. The Morgan fingerprint density at radius 2 is 1.78 bits per heavy atom. The molecule has 1 saturated heterocycles. The van der Waals surface area contributed by atoms with E-state index in [0.29, 0.717) is 30.3 Å². The maximum absolute atomic E-state index is 14.2. The molecular weight excluding hydrogens is 582 g/mol. The molecule has 1 aliphatic heterocycles. The number of hydrogen-bond donors (Lipinski definition) is 6. The maximum atomic E-state index is 14.2. The number of nitrogens with two attached hydrogens (primary N) is 1. The first kappa shape index (κ1) is 32.5. The van der Waals surface area contributed by atoms with Gasteiger partial charge in [-0.15, -0.1) is 0 Å². The number of ketones is 2. The van der Waals surface area contributed by atoms with E-state index in [1.165, 1.54) is 4.90 Å². The maximum Gasteiger partial charge on any atom is 0.255 e. The Morgan fingerprint density at radius 1 is 1.13 bits per heavy atom. The van der Waals surface area contributed by atoms with E-state index < -0.39 is 63.8 Å². The van der Waals surface area contributed by atoms with Crippen LogP contribution in [0.3, 0.4) is 0 Å². The van der Waals surface area contributed by atoms with Gasteiger partial charge in [0.05, 0.1) is 23.2 Å². The quantitative estimate of drug-likeness (QED) is 0.179. The summed E-state index contributed by atoms with van der Waals surface area (Å²) in [7, 11) is 6.69. The lowest BCUT2D eigenvalue weighted by molar-refractivity contribution is -0.148. The van der Waals surface area contributed by atoms with Crippen LogP contribution in [0.15, 0.2) is 28.7 Å². The van der Waals surface area contributed by atoms with Gasteiger partial charge in [-0.2, -0.15) is 0 Å². The van der Waals surface area contributed by atoms with Crippen molar-refractivity contribution in [3.05, 3.63) is 39.9 Å². The molecular formula is C32H43N5O8.